The molecule has 0 aliphatic carbocycles. The van der Waals surface area contributed by atoms with Gasteiger partial charge in [-0.05, 0) is 18.2 Å². The highest BCUT2D eigenvalue weighted by atomic mass is 27.1. The summed E-state index contributed by atoms with van der Waals surface area (Å²) in [6.07, 6.45) is 5.01. The Morgan fingerprint density at radius 2 is 1.91 bits per heavy atom. The van der Waals surface area contributed by atoms with Crippen LogP contribution in [-0.2, 0) is 0 Å². The molecule has 0 atom stereocenters. The summed E-state index contributed by atoms with van der Waals surface area (Å²) in [4.78, 5) is 8.73. The van der Waals surface area contributed by atoms with E-state index in [0.29, 0.717) is 11.3 Å². The third-order valence-electron chi connectivity index (χ3n) is 3.75. The summed E-state index contributed by atoms with van der Waals surface area (Å²) >= 11 is 2.24. The standard InChI is InChI=1S/C17H10N4O.Al/c18-7-11-6-13-17(20-8-11)16-14(9-19-10-15(16)22)21(13)12-4-2-1-3-5-12;/h1-6,8-10,22H;/q;+1/p-1. The van der Waals surface area contributed by atoms with E-state index in [2.05, 4.69) is 32.7 Å². The summed E-state index contributed by atoms with van der Waals surface area (Å²) in [6, 6.07) is 13.9. The number of nitrogens with zero attached hydrogens (tertiary/aromatic N) is 4. The number of hydrogen-bond donors (Lipinski definition) is 0. The van der Waals surface area contributed by atoms with Crippen LogP contribution in [0.15, 0.2) is 55.0 Å². The van der Waals surface area contributed by atoms with Crippen LogP contribution in [0.1, 0.15) is 5.56 Å². The molecule has 0 bridgehead atoms. The highest BCUT2D eigenvalue weighted by Gasteiger charge is 2.17. The van der Waals surface area contributed by atoms with Crippen LogP contribution in [0.4, 0.5) is 0 Å². The lowest BCUT2D eigenvalue weighted by atomic mass is 10.2. The number of rotatable bonds is 2. The largest absolute Gasteiger partial charge is 0.652 e. The molecule has 4 rings (SSSR count). The fraction of sp³-hybridized carbons (Fsp3) is 0. The van der Waals surface area contributed by atoms with Gasteiger partial charge < -0.3 is 8.36 Å². The van der Waals surface area contributed by atoms with Gasteiger partial charge in [0.25, 0.3) is 0 Å². The fourth-order valence-electron chi connectivity index (χ4n) is 2.79. The predicted molar refractivity (Wildman–Crippen MR) is 87.5 cm³/mol. The summed E-state index contributed by atoms with van der Waals surface area (Å²) in [6.45, 7) is 0. The molecule has 0 aliphatic rings. The Hall–Kier alpha value is -2.86. The molecule has 3 heterocycles. The molecule has 23 heavy (non-hydrogen) atoms. The van der Waals surface area contributed by atoms with E-state index >= 15 is 0 Å². The molecule has 0 spiro atoms. The summed E-state index contributed by atoms with van der Waals surface area (Å²) in [5, 5.41) is 10.1. The SMILES string of the molecule is N#Cc1cnc2c3c([O][Al])cncc3n(-c3ccccc3)c2c1. The van der Waals surface area contributed by atoms with Gasteiger partial charge in [-0.15, -0.1) is 0 Å². The van der Waals surface area contributed by atoms with Crippen molar-refractivity contribution in [3.05, 3.63) is 60.6 Å². The summed E-state index contributed by atoms with van der Waals surface area (Å²) < 4.78 is 7.42. The Morgan fingerprint density at radius 3 is 2.65 bits per heavy atom. The number of aromatic nitrogens is 3. The maximum atomic E-state index is 9.19. The lowest BCUT2D eigenvalue weighted by molar-refractivity contribution is 0.620. The zero-order valence-corrected chi connectivity index (χ0v) is 13.1. The minimum atomic E-state index is 0.513. The molecule has 3 aromatic heterocycles. The molecule has 2 radical (unpaired) electrons. The van der Waals surface area contributed by atoms with E-state index in [4.69, 9.17) is 3.79 Å². The van der Waals surface area contributed by atoms with E-state index < -0.39 is 0 Å². The summed E-state index contributed by atoms with van der Waals surface area (Å²) in [5.74, 6) is 0.629. The van der Waals surface area contributed by atoms with Gasteiger partial charge in [-0.2, -0.15) is 5.26 Å². The molecule has 6 heteroatoms. The van der Waals surface area contributed by atoms with E-state index in [1.165, 1.54) is 0 Å². The van der Waals surface area contributed by atoms with Crippen molar-refractivity contribution < 1.29 is 3.79 Å². The van der Waals surface area contributed by atoms with Crippen LogP contribution in [0, 0.1) is 11.3 Å². The lowest BCUT2D eigenvalue weighted by Crippen LogP contribution is -1.94. The quantitative estimate of drug-likeness (QED) is 0.534. The van der Waals surface area contributed by atoms with Gasteiger partial charge in [-0.25, -0.2) is 0 Å². The van der Waals surface area contributed by atoms with Gasteiger partial charge in [0.2, 0.25) is 0 Å². The molecule has 0 fully saturated rings. The fourth-order valence-corrected chi connectivity index (χ4v) is 2.97. The van der Waals surface area contributed by atoms with Crippen LogP contribution >= 0.6 is 0 Å². The Morgan fingerprint density at radius 1 is 1.09 bits per heavy atom. The van der Waals surface area contributed by atoms with Crippen LogP contribution in [0.2, 0.25) is 0 Å². The molecule has 0 saturated heterocycles. The minimum absolute atomic E-state index is 0.513. The number of hydrogen-bond acceptors (Lipinski definition) is 4. The van der Waals surface area contributed by atoms with Crippen LogP contribution in [0.3, 0.4) is 0 Å². The second kappa shape index (κ2) is 5.41. The van der Waals surface area contributed by atoms with Crippen molar-refractivity contribution in [2.24, 2.45) is 0 Å². The number of para-hydroxylation sites is 1. The van der Waals surface area contributed by atoms with E-state index in [-0.39, 0.29) is 0 Å². The van der Waals surface area contributed by atoms with Gasteiger partial charge >= 0.3 is 16.6 Å². The normalized spacial score (nSPS) is 10.7. The van der Waals surface area contributed by atoms with Gasteiger partial charge in [0.1, 0.15) is 17.3 Å². The van der Waals surface area contributed by atoms with Crippen molar-refractivity contribution in [1.82, 2.24) is 14.5 Å². The molecule has 0 amide bonds. The number of nitriles is 1. The van der Waals surface area contributed by atoms with Crippen molar-refractivity contribution >= 4 is 38.6 Å². The molecule has 5 nitrogen and oxygen atoms in total. The maximum absolute atomic E-state index is 9.19. The molecule has 1 aromatic carbocycles. The molecule has 0 unspecified atom stereocenters. The van der Waals surface area contributed by atoms with E-state index in [1.807, 2.05) is 41.0 Å². The highest BCUT2D eigenvalue weighted by Crippen LogP contribution is 2.35. The smallest absolute Gasteiger partial charge is 0.482 e. The Labute approximate surface area is 140 Å². The van der Waals surface area contributed by atoms with E-state index in [9.17, 15) is 5.26 Å². The molecule has 0 saturated carbocycles. The first-order valence-corrected chi connectivity index (χ1v) is 7.41. The zero-order chi connectivity index (χ0) is 15.8. The van der Waals surface area contributed by atoms with Crippen molar-refractivity contribution in [1.29, 1.82) is 5.26 Å². The second-order valence-electron chi connectivity index (χ2n) is 5.02. The average molecular weight is 312 g/mol. The van der Waals surface area contributed by atoms with Crippen molar-refractivity contribution in [3.63, 3.8) is 0 Å². The Balaban J connectivity index is 2.24. The Bertz CT molecular complexity index is 1070. The van der Waals surface area contributed by atoms with Crippen LogP contribution in [-0.4, -0.2) is 31.2 Å². The predicted octanol–water partition coefficient (Wildman–Crippen LogP) is 2.91. The average Bonchev–Trinajstić information content (AvgIpc) is 2.95. The molecule has 106 valence electrons. The van der Waals surface area contributed by atoms with Crippen LogP contribution in [0.25, 0.3) is 27.6 Å². The van der Waals surface area contributed by atoms with Crippen LogP contribution < -0.4 is 3.79 Å². The number of fused-ring (bicyclic) bond motifs is 3. The molecular weight excluding hydrogens is 303 g/mol. The van der Waals surface area contributed by atoms with E-state index in [0.717, 1.165) is 27.6 Å². The van der Waals surface area contributed by atoms with Gasteiger partial charge in [0.05, 0.1) is 34.4 Å². The van der Waals surface area contributed by atoms with E-state index in [1.54, 1.807) is 18.6 Å². The number of pyridine rings is 2. The minimum Gasteiger partial charge on any atom is -0.652 e. The zero-order valence-electron chi connectivity index (χ0n) is 12.0. The van der Waals surface area contributed by atoms with Crippen LogP contribution in [0.5, 0.6) is 5.75 Å². The van der Waals surface area contributed by atoms with Gasteiger partial charge in [-0.3, -0.25) is 9.97 Å². The first-order chi connectivity index (χ1) is 11.3. The van der Waals surface area contributed by atoms with Crippen molar-refractivity contribution in [3.8, 4) is 17.5 Å². The first kappa shape index (κ1) is 13.8. The molecular formula is C17H9AlN4O. The van der Waals surface area contributed by atoms with Crippen molar-refractivity contribution in [2.75, 3.05) is 0 Å². The van der Waals surface area contributed by atoms with Crippen molar-refractivity contribution in [2.45, 2.75) is 0 Å². The summed E-state index contributed by atoms with van der Waals surface area (Å²) in [7, 11) is 0. The third kappa shape index (κ3) is 2.07. The van der Waals surface area contributed by atoms with Gasteiger partial charge in [0, 0.05) is 11.9 Å². The third-order valence-corrected chi connectivity index (χ3v) is 4.00. The van der Waals surface area contributed by atoms with Gasteiger partial charge in [0.15, 0.2) is 0 Å². The first-order valence-electron chi connectivity index (χ1n) is 6.94. The lowest BCUT2D eigenvalue weighted by Gasteiger charge is -2.07. The monoisotopic (exact) mass is 312 g/mol. The topological polar surface area (TPSA) is 63.7 Å². The second-order valence-corrected chi connectivity index (χ2v) is 5.26. The molecule has 4 aromatic rings. The molecule has 0 N–H and O–H groups in total. The maximum Gasteiger partial charge on any atom is 0.482 e. The van der Waals surface area contributed by atoms with Gasteiger partial charge in [-0.1, -0.05) is 18.2 Å². The summed E-state index contributed by atoms with van der Waals surface area (Å²) in [5.41, 5.74) is 4.00. The Kier molecular flexibility index (Phi) is 3.24. The highest BCUT2D eigenvalue weighted by molar-refractivity contribution is 6.12. The number of benzene rings is 1. The molecule has 0 aliphatic heterocycles.